The van der Waals surface area contributed by atoms with Gasteiger partial charge in [-0.25, -0.2) is 4.79 Å². The highest BCUT2D eigenvalue weighted by atomic mass is 32.1. The Balaban J connectivity index is 1.63. The Morgan fingerprint density at radius 3 is 2.87 bits per heavy atom. The summed E-state index contributed by atoms with van der Waals surface area (Å²) in [7, 11) is 0. The molecule has 1 aliphatic heterocycles. The third-order valence-corrected chi connectivity index (χ3v) is 4.99. The van der Waals surface area contributed by atoms with Gasteiger partial charge in [-0.15, -0.1) is 0 Å². The molecule has 2 heterocycles. The zero-order chi connectivity index (χ0) is 16.2. The molecule has 1 saturated heterocycles. The fraction of sp³-hybridized carbons (Fsp3) is 0.389. The summed E-state index contributed by atoms with van der Waals surface area (Å²) in [5.41, 5.74) is 3.47. The lowest BCUT2D eigenvalue weighted by Gasteiger charge is -2.20. The number of amides is 1. The van der Waals surface area contributed by atoms with E-state index in [2.05, 4.69) is 48.1 Å². The first kappa shape index (κ1) is 16.0. The summed E-state index contributed by atoms with van der Waals surface area (Å²) >= 11 is 1.74. The van der Waals surface area contributed by atoms with Crippen LogP contribution in [0.25, 0.3) is 0 Å². The molecule has 1 aliphatic rings. The smallest absolute Gasteiger partial charge is 0.414 e. The van der Waals surface area contributed by atoms with E-state index in [-0.39, 0.29) is 12.1 Å². The van der Waals surface area contributed by atoms with Crippen molar-refractivity contribution in [2.24, 2.45) is 0 Å². The number of benzene rings is 1. The Kier molecular flexibility index (Phi) is 4.98. The maximum atomic E-state index is 11.7. The highest BCUT2D eigenvalue weighted by Crippen LogP contribution is 2.24. The molecule has 1 aromatic heterocycles. The molecule has 0 spiro atoms. The highest BCUT2D eigenvalue weighted by molar-refractivity contribution is 7.07. The van der Waals surface area contributed by atoms with Crippen LogP contribution >= 0.6 is 11.3 Å². The summed E-state index contributed by atoms with van der Waals surface area (Å²) < 4.78 is 5.01. The molecule has 122 valence electrons. The largest absolute Gasteiger partial charge is 0.447 e. The molecular formula is C18H22N2O2S. The van der Waals surface area contributed by atoms with Crippen LogP contribution in [0.4, 0.5) is 10.5 Å². The van der Waals surface area contributed by atoms with E-state index in [0.29, 0.717) is 19.1 Å². The molecule has 2 aromatic rings. The number of nitrogens with one attached hydrogen (secondary N) is 1. The van der Waals surface area contributed by atoms with Crippen LogP contribution in [-0.2, 0) is 4.74 Å². The van der Waals surface area contributed by atoms with Gasteiger partial charge in [0, 0.05) is 18.3 Å². The van der Waals surface area contributed by atoms with Gasteiger partial charge in [-0.1, -0.05) is 19.1 Å². The predicted octanol–water partition coefficient (Wildman–Crippen LogP) is 4.16. The number of anilines is 1. The number of carbonyl (C=O) groups is 1. The molecule has 0 aliphatic carbocycles. The molecule has 2 atom stereocenters. The van der Waals surface area contributed by atoms with Crippen molar-refractivity contribution in [2.75, 3.05) is 24.6 Å². The number of cyclic esters (lactones) is 1. The van der Waals surface area contributed by atoms with Gasteiger partial charge in [0.05, 0.1) is 6.54 Å². The highest BCUT2D eigenvalue weighted by Gasteiger charge is 2.23. The number of nitrogens with zero attached hydrogens (tertiary/aromatic N) is 1. The van der Waals surface area contributed by atoms with Crippen molar-refractivity contribution in [3.8, 4) is 0 Å². The van der Waals surface area contributed by atoms with Crippen LogP contribution in [0.15, 0.2) is 41.1 Å². The zero-order valence-electron chi connectivity index (χ0n) is 13.5. The van der Waals surface area contributed by atoms with Gasteiger partial charge in [0.25, 0.3) is 0 Å². The van der Waals surface area contributed by atoms with Gasteiger partial charge in [0.15, 0.2) is 0 Å². The van der Waals surface area contributed by atoms with Gasteiger partial charge >= 0.3 is 6.09 Å². The Bertz CT molecular complexity index is 657. The van der Waals surface area contributed by atoms with Crippen molar-refractivity contribution >= 4 is 23.1 Å². The molecule has 23 heavy (non-hydrogen) atoms. The molecule has 0 unspecified atom stereocenters. The maximum Gasteiger partial charge on any atom is 0.414 e. The van der Waals surface area contributed by atoms with Crippen LogP contribution in [0.3, 0.4) is 0 Å². The lowest BCUT2D eigenvalue weighted by molar-refractivity contribution is 0.181. The summed E-state index contributed by atoms with van der Waals surface area (Å²) in [6.07, 6.45) is -0.256. The van der Waals surface area contributed by atoms with Gasteiger partial charge in [-0.2, -0.15) is 11.3 Å². The SMILES string of the molecule is C[C@H](NC[C@H](C)c1ccsc1)c1cccc(N2CCOC2=O)c1. The third kappa shape index (κ3) is 3.74. The predicted molar refractivity (Wildman–Crippen MR) is 94.3 cm³/mol. The lowest BCUT2D eigenvalue weighted by atomic mass is 10.0. The molecule has 1 aromatic carbocycles. The van der Waals surface area contributed by atoms with Gasteiger partial charge in [0.2, 0.25) is 0 Å². The quantitative estimate of drug-likeness (QED) is 0.865. The molecule has 3 rings (SSSR count). The summed E-state index contributed by atoms with van der Waals surface area (Å²) in [5, 5.41) is 7.91. The average Bonchev–Trinajstić information content (AvgIpc) is 3.24. The summed E-state index contributed by atoms with van der Waals surface area (Å²) in [6, 6.07) is 10.5. The maximum absolute atomic E-state index is 11.7. The topological polar surface area (TPSA) is 41.6 Å². The molecule has 0 bridgehead atoms. The molecule has 1 N–H and O–H groups in total. The second-order valence-electron chi connectivity index (χ2n) is 5.95. The normalized spacial score (nSPS) is 17.1. The van der Waals surface area contributed by atoms with E-state index in [9.17, 15) is 4.79 Å². The van der Waals surface area contributed by atoms with Crippen molar-refractivity contribution in [1.82, 2.24) is 5.32 Å². The second-order valence-corrected chi connectivity index (χ2v) is 6.73. The molecular weight excluding hydrogens is 308 g/mol. The third-order valence-electron chi connectivity index (χ3n) is 4.29. The first-order valence-corrected chi connectivity index (χ1v) is 8.89. The van der Waals surface area contributed by atoms with Crippen LogP contribution in [-0.4, -0.2) is 25.8 Å². The molecule has 0 saturated carbocycles. The summed E-state index contributed by atoms with van der Waals surface area (Å²) in [5.74, 6) is 0.487. The number of hydrogen-bond donors (Lipinski definition) is 1. The van der Waals surface area contributed by atoms with E-state index in [1.807, 2.05) is 12.1 Å². The van der Waals surface area contributed by atoms with Crippen LogP contribution < -0.4 is 10.2 Å². The molecule has 5 heteroatoms. The Morgan fingerprint density at radius 1 is 1.30 bits per heavy atom. The monoisotopic (exact) mass is 330 g/mol. The summed E-state index contributed by atoms with van der Waals surface area (Å²) in [4.78, 5) is 13.4. The van der Waals surface area contributed by atoms with Gasteiger partial charge < -0.3 is 10.1 Å². The van der Waals surface area contributed by atoms with Crippen molar-refractivity contribution in [2.45, 2.75) is 25.8 Å². The number of carbonyl (C=O) groups excluding carboxylic acids is 1. The fourth-order valence-corrected chi connectivity index (χ4v) is 3.52. The van der Waals surface area contributed by atoms with E-state index in [1.165, 1.54) is 11.1 Å². The molecule has 4 nitrogen and oxygen atoms in total. The molecule has 0 radical (unpaired) electrons. The second kappa shape index (κ2) is 7.15. The van der Waals surface area contributed by atoms with E-state index in [1.54, 1.807) is 16.2 Å². The Hall–Kier alpha value is -1.85. The molecule has 1 amide bonds. The number of hydrogen-bond acceptors (Lipinski definition) is 4. The van der Waals surface area contributed by atoms with E-state index in [4.69, 9.17) is 4.74 Å². The van der Waals surface area contributed by atoms with Crippen molar-refractivity contribution < 1.29 is 9.53 Å². The van der Waals surface area contributed by atoms with E-state index >= 15 is 0 Å². The minimum absolute atomic E-state index is 0.231. The van der Waals surface area contributed by atoms with Crippen LogP contribution in [0.2, 0.25) is 0 Å². The van der Waals surface area contributed by atoms with Gasteiger partial charge in [-0.05, 0) is 52.9 Å². The van der Waals surface area contributed by atoms with Crippen molar-refractivity contribution in [3.63, 3.8) is 0 Å². The average molecular weight is 330 g/mol. The van der Waals surface area contributed by atoms with Gasteiger partial charge in [0.1, 0.15) is 6.61 Å². The van der Waals surface area contributed by atoms with Crippen LogP contribution in [0.5, 0.6) is 0 Å². The number of rotatable bonds is 6. The first-order valence-electron chi connectivity index (χ1n) is 7.95. The standard InChI is InChI=1S/C18H22N2O2S/c1-13(16-6-9-23-12-16)11-19-14(2)15-4-3-5-17(10-15)20-7-8-22-18(20)21/h3-6,9-10,12-14,19H,7-8,11H2,1-2H3/t13-,14-/m0/s1. The van der Waals surface area contributed by atoms with E-state index in [0.717, 1.165) is 12.2 Å². The van der Waals surface area contributed by atoms with E-state index < -0.39 is 0 Å². The summed E-state index contributed by atoms with van der Waals surface area (Å²) in [6.45, 7) is 6.41. The number of thiophene rings is 1. The van der Waals surface area contributed by atoms with Gasteiger partial charge in [-0.3, -0.25) is 4.90 Å². The van der Waals surface area contributed by atoms with Crippen LogP contribution in [0.1, 0.15) is 36.9 Å². The Morgan fingerprint density at radius 2 is 2.17 bits per heavy atom. The Labute approximate surface area is 141 Å². The fourth-order valence-electron chi connectivity index (χ4n) is 2.73. The number of ether oxygens (including phenoxy) is 1. The van der Waals surface area contributed by atoms with Crippen molar-refractivity contribution in [1.29, 1.82) is 0 Å². The van der Waals surface area contributed by atoms with Crippen LogP contribution in [0, 0.1) is 0 Å². The first-order chi connectivity index (χ1) is 11.1. The zero-order valence-corrected chi connectivity index (χ0v) is 14.3. The lowest BCUT2D eigenvalue weighted by Crippen LogP contribution is -2.25. The minimum atomic E-state index is -0.256. The minimum Gasteiger partial charge on any atom is -0.447 e. The molecule has 1 fully saturated rings. The van der Waals surface area contributed by atoms with Crippen molar-refractivity contribution in [3.05, 3.63) is 52.2 Å².